The van der Waals surface area contributed by atoms with Gasteiger partial charge in [0.25, 0.3) is 0 Å². The Hall–Kier alpha value is -3.76. The molecule has 0 bridgehead atoms. The summed E-state index contributed by atoms with van der Waals surface area (Å²) in [5, 5.41) is 29.2. The van der Waals surface area contributed by atoms with E-state index in [1.54, 1.807) is 24.3 Å². The number of para-hydroxylation sites is 2. The molecule has 0 radical (unpaired) electrons. The fourth-order valence-corrected chi connectivity index (χ4v) is 2.42. The predicted octanol–water partition coefficient (Wildman–Crippen LogP) is 2.42. The highest BCUT2D eigenvalue weighted by Gasteiger charge is 2.30. The fraction of sp³-hybridized carbons (Fsp3) is 0.0769. The Bertz CT molecular complexity index is 1070. The quantitative estimate of drug-likeness (QED) is 0.438. The van der Waals surface area contributed by atoms with Crippen LogP contribution in [0, 0.1) is 10.1 Å². The molecule has 0 saturated heterocycles. The average molecular weight is 328 g/mol. The smallest absolute Gasteiger partial charge is 0.326 e. The van der Waals surface area contributed by atoms with Crippen molar-refractivity contribution in [2.75, 3.05) is 12.4 Å². The zero-order chi connectivity index (χ0) is 16.7. The van der Waals surface area contributed by atoms with E-state index >= 15 is 0 Å². The SMILES string of the molecule is COc1ccccc1Nc1c([N+](=O)[O-])c2nonc2c2nonc12. The molecule has 0 amide bonds. The van der Waals surface area contributed by atoms with Gasteiger partial charge in [-0.3, -0.25) is 10.1 Å². The second-order valence-electron chi connectivity index (χ2n) is 4.73. The number of nitro groups is 1. The molecular weight excluding hydrogens is 320 g/mol. The monoisotopic (exact) mass is 328 g/mol. The summed E-state index contributed by atoms with van der Waals surface area (Å²) >= 11 is 0. The van der Waals surface area contributed by atoms with Crippen LogP contribution in [0.1, 0.15) is 0 Å². The van der Waals surface area contributed by atoms with Gasteiger partial charge in [-0.1, -0.05) is 12.1 Å². The topological polar surface area (TPSA) is 142 Å². The molecule has 11 nitrogen and oxygen atoms in total. The predicted molar refractivity (Wildman–Crippen MR) is 80.1 cm³/mol. The van der Waals surface area contributed by atoms with Gasteiger partial charge in [0.1, 0.15) is 5.75 Å². The molecule has 0 fully saturated rings. The number of nitrogens with zero attached hydrogens (tertiary/aromatic N) is 5. The largest absolute Gasteiger partial charge is 0.495 e. The lowest BCUT2D eigenvalue weighted by molar-refractivity contribution is -0.382. The van der Waals surface area contributed by atoms with Crippen LogP contribution in [0.4, 0.5) is 17.1 Å². The van der Waals surface area contributed by atoms with Crippen LogP contribution in [0.25, 0.3) is 22.1 Å². The van der Waals surface area contributed by atoms with Crippen molar-refractivity contribution < 1.29 is 18.9 Å². The van der Waals surface area contributed by atoms with Crippen molar-refractivity contribution in [3.8, 4) is 5.75 Å². The number of rotatable bonds is 4. The number of benzene rings is 2. The first kappa shape index (κ1) is 13.9. The minimum absolute atomic E-state index is 0.0550. The summed E-state index contributed by atoms with van der Waals surface area (Å²) in [6.07, 6.45) is 0. The number of fused-ring (bicyclic) bond motifs is 3. The van der Waals surface area contributed by atoms with Crippen LogP contribution in [-0.4, -0.2) is 32.7 Å². The molecule has 0 aliphatic heterocycles. The van der Waals surface area contributed by atoms with E-state index in [-0.39, 0.29) is 33.4 Å². The van der Waals surface area contributed by atoms with Crippen LogP contribution in [0.5, 0.6) is 5.75 Å². The van der Waals surface area contributed by atoms with Crippen LogP contribution in [0.15, 0.2) is 33.5 Å². The third kappa shape index (κ3) is 1.91. The molecule has 1 N–H and O–H groups in total. The Morgan fingerprint density at radius 3 is 2.38 bits per heavy atom. The second-order valence-corrected chi connectivity index (χ2v) is 4.73. The molecule has 120 valence electrons. The molecule has 2 aromatic carbocycles. The highest BCUT2D eigenvalue weighted by Crippen LogP contribution is 2.41. The summed E-state index contributed by atoms with van der Waals surface area (Å²) in [4.78, 5) is 11.0. The van der Waals surface area contributed by atoms with E-state index in [1.807, 2.05) is 0 Å². The van der Waals surface area contributed by atoms with Crippen LogP contribution in [0.2, 0.25) is 0 Å². The standard InChI is InChI=1S/C13H8N6O5/c1-22-7-5-3-2-4-6(7)14-11-9-8(15-23-16-9)10-12(18-24-17-10)13(11)19(20)21/h2-5,14H,1H3. The summed E-state index contributed by atoms with van der Waals surface area (Å²) in [6.45, 7) is 0. The van der Waals surface area contributed by atoms with Gasteiger partial charge in [-0.05, 0) is 32.8 Å². The Kier molecular flexibility index (Phi) is 2.98. The maximum Gasteiger partial charge on any atom is 0.326 e. The van der Waals surface area contributed by atoms with Crippen molar-refractivity contribution in [3.05, 3.63) is 34.4 Å². The normalized spacial score (nSPS) is 11.0. The zero-order valence-corrected chi connectivity index (χ0v) is 12.1. The van der Waals surface area contributed by atoms with Gasteiger partial charge in [-0.2, -0.15) is 0 Å². The van der Waals surface area contributed by atoms with Crippen LogP contribution in [0.3, 0.4) is 0 Å². The number of hydrogen-bond acceptors (Lipinski definition) is 10. The highest BCUT2D eigenvalue weighted by atomic mass is 16.6. The summed E-state index contributed by atoms with van der Waals surface area (Å²) < 4.78 is 14.6. The molecule has 4 rings (SSSR count). The van der Waals surface area contributed by atoms with Crippen LogP contribution in [-0.2, 0) is 0 Å². The Labute approximate surface area is 132 Å². The highest BCUT2D eigenvalue weighted by molar-refractivity contribution is 6.12. The summed E-state index contributed by atoms with van der Waals surface area (Å²) in [5.41, 5.74) is 0.599. The third-order valence-corrected chi connectivity index (χ3v) is 3.45. The number of hydrogen-bond donors (Lipinski definition) is 1. The van der Waals surface area contributed by atoms with Gasteiger partial charge in [0, 0.05) is 0 Å². The van der Waals surface area contributed by atoms with Crippen molar-refractivity contribution in [2.24, 2.45) is 0 Å². The van der Waals surface area contributed by atoms with Gasteiger partial charge in [0.05, 0.1) is 17.7 Å². The van der Waals surface area contributed by atoms with Gasteiger partial charge in [0.15, 0.2) is 22.2 Å². The van der Waals surface area contributed by atoms with Gasteiger partial charge < -0.3 is 10.1 Å². The fourth-order valence-electron chi connectivity index (χ4n) is 2.42. The second kappa shape index (κ2) is 5.15. The van der Waals surface area contributed by atoms with E-state index in [0.717, 1.165) is 0 Å². The first-order valence-electron chi connectivity index (χ1n) is 6.65. The lowest BCUT2D eigenvalue weighted by atomic mass is 10.1. The lowest BCUT2D eigenvalue weighted by Gasteiger charge is -2.11. The molecule has 2 aromatic heterocycles. The molecule has 2 heterocycles. The molecule has 0 aliphatic rings. The Morgan fingerprint density at radius 2 is 1.67 bits per heavy atom. The Balaban J connectivity index is 2.03. The molecule has 24 heavy (non-hydrogen) atoms. The number of aromatic nitrogens is 4. The van der Waals surface area contributed by atoms with Crippen LogP contribution < -0.4 is 10.1 Å². The van der Waals surface area contributed by atoms with E-state index in [4.69, 9.17) is 9.37 Å². The van der Waals surface area contributed by atoms with E-state index in [0.29, 0.717) is 11.4 Å². The van der Waals surface area contributed by atoms with E-state index < -0.39 is 4.92 Å². The van der Waals surface area contributed by atoms with Crippen LogP contribution >= 0.6 is 0 Å². The van der Waals surface area contributed by atoms with Gasteiger partial charge >= 0.3 is 5.69 Å². The molecule has 11 heteroatoms. The minimum atomic E-state index is -0.599. The molecule has 0 saturated carbocycles. The zero-order valence-electron chi connectivity index (χ0n) is 12.1. The van der Waals surface area contributed by atoms with E-state index in [9.17, 15) is 10.1 Å². The molecular formula is C13H8N6O5. The number of ether oxygens (including phenoxy) is 1. The first-order chi connectivity index (χ1) is 11.7. The molecule has 4 aromatic rings. The maximum absolute atomic E-state index is 11.6. The molecule has 0 aliphatic carbocycles. The van der Waals surface area contributed by atoms with Crippen molar-refractivity contribution in [1.82, 2.24) is 20.6 Å². The maximum atomic E-state index is 11.6. The average Bonchev–Trinajstić information content (AvgIpc) is 3.23. The minimum Gasteiger partial charge on any atom is -0.495 e. The van der Waals surface area contributed by atoms with Crippen molar-refractivity contribution in [2.45, 2.75) is 0 Å². The van der Waals surface area contributed by atoms with Gasteiger partial charge in [0.2, 0.25) is 5.52 Å². The van der Waals surface area contributed by atoms with E-state index in [2.05, 4.69) is 30.6 Å². The van der Waals surface area contributed by atoms with E-state index in [1.165, 1.54) is 7.11 Å². The number of nitrogens with one attached hydrogen (secondary N) is 1. The van der Waals surface area contributed by atoms with Crippen molar-refractivity contribution in [1.29, 1.82) is 0 Å². The lowest BCUT2D eigenvalue weighted by Crippen LogP contribution is -2.01. The molecule has 0 atom stereocenters. The number of nitro benzene ring substituents is 1. The third-order valence-electron chi connectivity index (χ3n) is 3.45. The Morgan fingerprint density at radius 1 is 1.04 bits per heavy atom. The summed E-state index contributed by atoms with van der Waals surface area (Å²) in [7, 11) is 1.49. The van der Waals surface area contributed by atoms with Gasteiger partial charge in [-0.15, -0.1) is 0 Å². The van der Waals surface area contributed by atoms with Gasteiger partial charge in [-0.25, -0.2) is 9.26 Å². The molecule has 0 unspecified atom stereocenters. The first-order valence-corrected chi connectivity index (χ1v) is 6.65. The summed E-state index contributed by atoms with van der Waals surface area (Å²) in [5.74, 6) is 0.495. The number of methoxy groups -OCH3 is 1. The summed E-state index contributed by atoms with van der Waals surface area (Å²) in [6, 6.07) is 6.94. The number of anilines is 2. The van der Waals surface area contributed by atoms with Crippen molar-refractivity contribution >= 4 is 39.1 Å². The molecule has 0 spiro atoms. The van der Waals surface area contributed by atoms with Crippen molar-refractivity contribution in [3.63, 3.8) is 0 Å².